The topological polar surface area (TPSA) is 64.3 Å². The molecule has 0 aliphatic heterocycles. The summed E-state index contributed by atoms with van der Waals surface area (Å²) in [7, 11) is 1.54. The Balaban J connectivity index is 2.82. The van der Waals surface area contributed by atoms with Crippen LogP contribution >= 0.6 is 0 Å². The van der Waals surface area contributed by atoms with Gasteiger partial charge < -0.3 is 9.84 Å². The largest absolute Gasteiger partial charge is 0.493 e. The van der Waals surface area contributed by atoms with Gasteiger partial charge in [0.1, 0.15) is 0 Å². The monoisotopic (exact) mass is 170 g/mol. The van der Waals surface area contributed by atoms with Crippen LogP contribution in [0.15, 0.2) is 6.07 Å². The summed E-state index contributed by atoms with van der Waals surface area (Å²) < 4.78 is 5.87. The lowest BCUT2D eigenvalue weighted by Gasteiger charge is -1.95. The van der Waals surface area contributed by atoms with Crippen LogP contribution in [0.5, 0.6) is 5.88 Å². The molecule has 0 radical (unpaired) electrons. The molecule has 0 spiro atoms. The number of rotatable bonds is 2. The molecule has 0 bridgehead atoms. The fourth-order valence-corrected chi connectivity index (χ4v) is 0.762. The van der Waals surface area contributed by atoms with E-state index in [2.05, 4.69) is 9.84 Å². The highest BCUT2D eigenvalue weighted by Gasteiger charge is 2.12. The Morgan fingerprint density at radius 1 is 1.83 bits per heavy atom. The Bertz CT molecular complexity index is 273. The molecular formula is C7H10N2O3. The minimum absolute atomic E-state index is 0.0574. The predicted molar refractivity (Wildman–Crippen MR) is 40.8 cm³/mol. The smallest absolute Gasteiger partial charge is 0.358 e. The minimum atomic E-state index is -0.520. The molecule has 12 heavy (non-hydrogen) atoms. The van der Waals surface area contributed by atoms with E-state index >= 15 is 0 Å². The molecule has 5 heteroatoms. The van der Waals surface area contributed by atoms with E-state index in [1.165, 1.54) is 17.8 Å². The number of aryl methyl sites for hydroxylation is 1. The lowest BCUT2D eigenvalue weighted by Crippen LogP contribution is -2.05. The summed E-state index contributed by atoms with van der Waals surface area (Å²) in [5.41, 5.74) is 0.122. The van der Waals surface area contributed by atoms with Crippen LogP contribution in [0.25, 0.3) is 0 Å². The highest BCUT2D eigenvalue weighted by atomic mass is 16.5. The number of carbonyl (C=O) groups excluding carboxylic acids is 1. The van der Waals surface area contributed by atoms with E-state index in [1.54, 1.807) is 6.92 Å². The van der Waals surface area contributed by atoms with Gasteiger partial charge >= 0.3 is 5.97 Å². The zero-order chi connectivity index (χ0) is 9.14. The van der Waals surface area contributed by atoms with Gasteiger partial charge in [-0.1, -0.05) is 0 Å². The van der Waals surface area contributed by atoms with Gasteiger partial charge in [0.05, 0.1) is 6.61 Å². The Morgan fingerprint density at radius 2 is 2.50 bits per heavy atom. The second-order valence-electron chi connectivity index (χ2n) is 2.23. The highest BCUT2D eigenvalue weighted by molar-refractivity contribution is 5.87. The van der Waals surface area contributed by atoms with Crippen LogP contribution in [0, 0.1) is 0 Å². The first-order chi connectivity index (χ1) is 5.65. The third-order valence-corrected chi connectivity index (χ3v) is 1.34. The summed E-state index contributed by atoms with van der Waals surface area (Å²) in [5, 5.41) is 12.8. The molecule has 0 aliphatic carbocycles. The molecule has 1 heterocycles. The summed E-state index contributed by atoms with van der Waals surface area (Å²) in [5.74, 6) is -0.577. The number of aromatic hydroxyl groups is 1. The molecule has 1 rings (SSSR count). The van der Waals surface area contributed by atoms with Crippen molar-refractivity contribution in [2.24, 2.45) is 7.05 Å². The second-order valence-corrected chi connectivity index (χ2v) is 2.23. The van der Waals surface area contributed by atoms with Gasteiger partial charge in [0, 0.05) is 13.1 Å². The standard InChI is InChI=1S/C7H10N2O3/c1-3-12-7(11)5-4-6(10)9(2)8-5/h4,10H,3H2,1-2H3. The van der Waals surface area contributed by atoms with Crippen molar-refractivity contribution in [1.82, 2.24) is 9.78 Å². The zero-order valence-corrected chi connectivity index (χ0v) is 6.94. The summed E-state index contributed by atoms with van der Waals surface area (Å²) in [6, 6.07) is 1.26. The van der Waals surface area contributed by atoms with E-state index in [9.17, 15) is 4.79 Å². The van der Waals surface area contributed by atoms with Gasteiger partial charge in [-0.25, -0.2) is 9.48 Å². The summed E-state index contributed by atoms with van der Waals surface area (Å²) in [6.07, 6.45) is 0. The number of hydrogen-bond donors (Lipinski definition) is 1. The first-order valence-corrected chi connectivity index (χ1v) is 3.55. The van der Waals surface area contributed by atoms with Crippen LogP contribution in [0.4, 0.5) is 0 Å². The Labute approximate surface area is 69.6 Å². The van der Waals surface area contributed by atoms with E-state index < -0.39 is 5.97 Å². The molecule has 0 atom stereocenters. The van der Waals surface area contributed by atoms with Gasteiger partial charge in [-0.2, -0.15) is 5.10 Å². The Kier molecular flexibility index (Phi) is 2.32. The molecule has 0 fully saturated rings. The summed E-state index contributed by atoms with van der Waals surface area (Å²) >= 11 is 0. The summed E-state index contributed by atoms with van der Waals surface area (Å²) in [6.45, 7) is 2.01. The molecule has 1 aromatic heterocycles. The molecule has 66 valence electrons. The second kappa shape index (κ2) is 3.25. The average Bonchev–Trinajstić information content (AvgIpc) is 2.33. The molecule has 0 aliphatic rings. The maximum Gasteiger partial charge on any atom is 0.358 e. The molecule has 0 unspecified atom stereocenters. The van der Waals surface area contributed by atoms with Gasteiger partial charge in [0.25, 0.3) is 0 Å². The third-order valence-electron chi connectivity index (χ3n) is 1.34. The van der Waals surface area contributed by atoms with E-state index in [0.717, 1.165) is 0 Å². The van der Waals surface area contributed by atoms with Crippen LogP contribution in [0.1, 0.15) is 17.4 Å². The van der Waals surface area contributed by atoms with Crippen molar-refractivity contribution in [1.29, 1.82) is 0 Å². The molecule has 1 aromatic rings. The number of ether oxygens (including phenoxy) is 1. The number of hydrogen-bond acceptors (Lipinski definition) is 4. The van der Waals surface area contributed by atoms with Crippen LogP contribution in [-0.4, -0.2) is 27.5 Å². The van der Waals surface area contributed by atoms with Crippen LogP contribution < -0.4 is 0 Å². The highest BCUT2D eigenvalue weighted by Crippen LogP contribution is 2.09. The molecule has 0 aromatic carbocycles. The van der Waals surface area contributed by atoms with Crippen molar-refractivity contribution in [2.75, 3.05) is 6.61 Å². The van der Waals surface area contributed by atoms with Crippen LogP contribution in [0.3, 0.4) is 0 Å². The van der Waals surface area contributed by atoms with Crippen molar-refractivity contribution in [3.8, 4) is 5.88 Å². The van der Waals surface area contributed by atoms with Crippen LogP contribution in [-0.2, 0) is 11.8 Å². The molecular weight excluding hydrogens is 160 g/mol. The maximum atomic E-state index is 11.0. The number of esters is 1. The fraction of sp³-hybridized carbons (Fsp3) is 0.429. The average molecular weight is 170 g/mol. The predicted octanol–water partition coefficient (Wildman–Crippen LogP) is 0.302. The minimum Gasteiger partial charge on any atom is -0.493 e. The Hall–Kier alpha value is -1.52. The zero-order valence-electron chi connectivity index (χ0n) is 6.94. The molecule has 0 amide bonds. The third kappa shape index (κ3) is 1.55. The number of nitrogens with zero attached hydrogens (tertiary/aromatic N) is 2. The van der Waals surface area contributed by atoms with E-state index in [0.29, 0.717) is 6.61 Å². The van der Waals surface area contributed by atoms with Gasteiger partial charge in [-0.3, -0.25) is 0 Å². The summed E-state index contributed by atoms with van der Waals surface area (Å²) in [4.78, 5) is 11.0. The van der Waals surface area contributed by atoms with Crippen molar-refractivity contribution in [3.63, 3.8) is 0 Å². The molecule has 1 N–H and O–H groups in total. The fourth-order valence-electron chi connectivity index (χ4n) is 0.762. The quantitative estimate of drug-likeness (QED) is 0.648. The normalized spacial score (nSPS) is 9.83. The van der Waals surface area contributed by atoms with E-state index in [-0.39, 0.29) is 11.6 Å². The first-order valence-electron chi connectivity index (χ1n) is 3.55. The van der Waals surface area contributed by atoms with Crippen molar-refractivity contribution in [2.45, 2.75) is 6.92 Å². The van der Waals surface area contributed by atoms with Gasteiger partial charge in [-0.15, -0.1) is 0 Å². The Morgan fingerprint density at radius 3 is 2.92 bits per heavy atom. The SMILES string of the molecule is CCOC(=O)c1cc(O)n(C)n1. The van der Waals surface area contributed by atoms with Gasteiger partial charge in [-0.05, 0) is 6.92 Å². The van der Waals surface area contributed by atoms with Gasteiger partial charge in [0.15, 0.2) is 5.69 Å². The molecule has 0 saturated heterocycles. The first kappa shape index (κ1) is 8.58. The number of aromatic nitrogens is 2. The van der Waals surface area contributed by atoms with Crippen molar-refractivity contribution >= 4 is 5.97 Å². The van der Waals surface area contributed by atoms with Crippen LogP contribution in [0.2, 0.25) is 0 Å². The van der Waals surface area contributed by atoms with Gasteiger partial charge in [0.2, 0.25) is 5.88 Å². The van der Waals surface area contributed by atoms with E-state index in [1.807, 2.05) is 0 Å². The maximum absolute atomic E-state index is 11.0. The lowest BCUT2D eigenvalue weighted by molar-refractivity contribution is 0.0518. The lowest BCUT2D eigenvalue weighted by atomic mass is 10.4. The molecule has 5 nitrogen and oxygen atoms in total. The number of carbonyl (C=O) groups is 1. The van der Waals surface area contributed by atoms with Crippen molar-refractivity contribution < 1.29 is 14.6 Å². The van der Waals surface area contributed by atoms with E-state index in [4.69, 9.17) is 5.11 Å². The van der Waals surface area contributed by atoms with Crippen molar-refractivity contribution in [3.05, 3.63) is 11.8 Å². The molecule has 0 saturated carbocycles.